The Balaban J connectivity index is 1.96. The zero-order valence-corrected chi connectivity index (χ0v) is 13.4. The number of nitrogens with zero attached hydrogens (tertiary/aromatic N) is 1. The zero-order chi connectivity index (χ0) is 15.0. The second kappa shape index (κ2) is 5.66. The molecular formula is C16H20N2O2S. The van der Waals surface area contributed by atoms with Crippen molar-refractivity contribution in [3.05, 3.63) is 28.6 Å². The third kappa shape index (κ3) is 2.63. The standard InChI is InChI=1S/C16H20N2O2S/c1-10-9-18(7-6-17-10)16(19)15-11(2)13-8-12(20-3)4-5-14(13)21-15/h4-5,8,10,17H,6-7,9H2,1-3H3. The normalized spacial score (nSPS) is 19.0. The molecule has 1 N–H and O–H groups in total. The molecule has 1 aliphatic rings. The summed E-state index contributed by atoms with van der Waals surface area (Å²) in [4.78, 5) is 15.6. The number of hydrogen-bond acceptors (Lipinski definition) is 4. The van der Waals surface area contributed by atoms with Gasteiger partial charge in [0.15, 0.2) is 0 Å². The average molecular weight is 304 g/mol. The number of carbonyl (C=O) groups is 1. The van der Waals surface area contributed by atoms with Gasteiger partial charge in [0.25, 0.3) is 5.91 Å². The van der Waals surface area contributed by atoms with E-state index < -0.39 is 0 Å². The lowest BCUT2D eigenvalue weighted by Gasteiger charge is -2.31. The zero-order valence-electron chi connectivity index (χ0n) is 12.6. The largest absolute Gasteiger partial charge is 0.497 e. The molecule has 0 aliphatic carbocycles. The number of carbonyl (C=O) groups excluding carboxylic acids is 1. The lowest BCUT2D eigenvalue weighted by Crippen LogP contribution is -2.51. The number of aryl methyl sites for hydroxylation is 1. The molecule has 5 heteroatoms. The highest BCUT2D eigenvalue weighted by Gasteiger charge is 2.25. The molecule has 0 saturated carbocycles. The fourth-order valence-electron chi connectivity index (χ4n) is 2.79. The number of methoxy groups -OCH3 is 1. The Morgan fingerprint density at radius 3 is 3.00 bits per heavy atom. The molecule has 1 aromatic heterocycles. The van der Waals surface area contributed by atoms with E-state index in [4.69, 9.17) is 4.74 Å². The third-order valence-corrected chi connectivity index (χ3v) is 5.25. The molecule has 4 nitrogen and oxygen atoms in total. The van der Waals surface area contributed by atoms with Crippen molar-refractivity contribution in [3.63, 3.8) is 0 Å². The first kappa shape index (κ1) is 14.4. The minimum Gasteiger partial charge on any atom is -0.497 e. The molecule has 0 radical (unpaired) electrons. The lowest BCUT2D eigenvalue weighted by molar-refractivity contribution is 0.0713. The quantitative estimate of drug-likeness (QED) is 0.927. The van der Waals surface area contributed by atoms with Gasteiger partial charge in [-0.2, -0.15) is 0 Å². The maximum atomic E-state index is 12.8. The number of ether oxygens (including phenoxy) is 1. The molecule has 1 atom stereocenters. The summed E-state index contributed by atoms with van der Waals surface area (Å²) in [5.74, 6) is 0.985. The van der Waals surface area contributed by atoms with Crippen LogP contribution in [0.5, 0.6) is 5.75 Å². The monoisotopic (exact) mass is 304 g/mol. The summed E-state index contributed by atoms with van der Waals surface area (Å²) in [5, 5.41) is 4.48. The SMILES string of the molecule is COc1ccc2sc(C(=O)N3CCNC(C)C3)c(C)c2c1. The lowest BCUT2D eigenvalue weighted by atomic mass is 10.1. The molecule has 0 bridgehead atoms. The van der Waals surface area contributed by atoms with Gasteiger partial charge in [-0.25, -0.2) is 0 Å². The first-order valence-corrected chi connectivity index (χ1v) is 8.01. The van der Waals surface area contributed by atoms with Crippen LogP contribution in [-0.2, 0) is 0 Å². The van der Waals surface area contributed by atoms with Gasteiger partial charge in [0.1, 0.15) is 5.75 Å². The van der Waals surface area contributed by atoms with Gasteiger partial charge in [-0.05, 0) is 43.0 Å². The van der Waals surface area contributed by atoms with E-state index in [1.54, 1.807) is 18.4 Å². The second-order valence-electron chi connectivity index (χ2n) is 5.52. The van der Waals surface area contributed by atoms with Crippen molar-refractivity contribution in [1.82, 2.24) is 10.2 Å². The van der Waals surface area contributed by atoms with Crippen LogP contribution in [0, 0.1) is 6.92 Å². The average Bonchev–Trinajstić information content (AvgIpc) is 2.83. The van der Waals surface area contributed by atoms with Crippen LogP contribution in [0.4, 0.5) is 0 Å². The molecule has 112 valence electrons. The van der Waals surface area contributed by atoms with E-state index in [0.717, 1.165) is 45.9 Å². The van der Waals surface area contributed by atoms with Crippen molar-refractivity contribution in [3.8, 4) is 5.75 Å². The molecular weight excluding hydrogens is 284 g/mol. The highest BCUT2D eigenvalue weighted by molar-refractivity contribution is 7.21. The van der Waals surface area contributed by atoms with E-state index in [0.29, 0.717) is 6.04 Å². The first-order valence-electron chi connectivity index (χ1n) is 7.20. The highest BCUT2D eigenvalue weighted by Crippen LogP contribution is 2.34. The predicted molar refractivity (Wildman–Crippen MR) is 86.5 cm³/mol. The Morgan fingerprint density at radius 2 is 2.29 bits per heavy atom. The number of thiophene rings is 1. The molecule has 21 heavy (non-hydrogen) atoms. The Hall–Kier alpha value is -1.59. The van der Waals surface area contributed by atoms with Crippen molar-refractivity contribution in [2.24, 2.45) is 0 Å². The summed E-state index contributed by atoms with van der Waals surface area (Å²) in [7, 11) is 1.66. The minimum absolute atomic E-state index is 0.154. The van der Waals surface area contributed by atoms with Gasteiger partial charge < -0.3 is 15.0 Å². The van der Waals surface area contributed by atoms with Crippen LogP contribution in [0.25, 0.3) is 10.1 Å². The molecule has 1 unspecified atom stereocenters. The molecule has 1 aliphatic heterocycles. The van der Waals surface area contributed by atoms with Crippen molar-refractivity contribution >= 4 is 27.3 Å². The number of fused-ring (bicyclic) bond motifs is 1. The van der Waals surface area contributed by atoms with Gasteiger partial charge in [0.05, 0.1) is 12.0 Å². The van der Waals surface area contributed by atoms with Crippen molar-refractivity contribution in [1.29, 1.82) is 0 Å². The summed E-state index contributed by atoms with van der Waals surface area (Å²) in [5.41, 5.74) is 1.06. The van der Waals surface area contributed by atoms with Gasteiger partial charge in [0.2, 0.25) is 0 Å². The Bertz CT molecular complexity index is 680. The number of hydrogen-bond donors (Lipinski definition) is 1. The molecule has 0 spiro atoms. The maximum absolute atomic E-state index is 12.8. The van der Waals surface area contributed by atoms with Gasteiger partial charge in [-0.3, -0.25) is 4.79 Å². The number of amides is 1. The minimum atomic E-state index is 0.154. The molecule has 1 fully saturated rings. The molecule has 3 rings (SSSR count). The van der Waals surface area contributed by atoms with Crippen LogP contribution >= 0.6 is 11.3 Å². The van der Waals surface area contributed by atoms with Crippen molar-refractivity contribution < 1.29 is 9.53 Å². The van der Waals surface area contributed by atoms with Crippen LogP contribution in [0.15, 0.2) is 18.2 Å². The van der Waals surface area contributed by atoms with Crippen LogP contribution in [0.1, 0.15) is 22.2 Å². The summed E-state index contributed by atoms with van der Waals surface area (Å²) in [6.45, 7) is 6.56. The summed E-state index contributed by atoms with van der Waals surface area (Å²) < 4.78 is 6.42. The summed E-state index contributed by atoms with van der Waals surface area (Å²) in [6.07, 6.45) is 0. The van der Waals surface area contributed by atoms with E-state index >= 15 is 0 Å². The first-order chi connectivity index (χ1) is 10.1. The van der Waals surface area contributed by atoms with E-state index in [1.165, 1.54) is 0 Å². The van der Waals surface area contributed by atoms with Crippen molar-refractivity contribution in [2.75, 3.05) is 26.7 Å². The second-order valence-corrected chi connectivity index (χ2v) is 6.58. The molecule has 1 saturated heterocycles. The van der Waals surface area contributed by atoms with Crippen LogP contribution in [-0.4, -0.2) is 43.6 Å². The van der Waals surface area contributed by atoms with Gasteiger partial charge in [0, 0.05) is 30.4 Å². The Morgan fingerprint density at radius 1 is 1.48 bits per heavy atom. The molecule has 1 aromatic carbocycles. The van der Waals surface area contributed by atoms with Gasteiger partial charge in [-0.15, -0.1) is 11.3 Å². The predicted octanol–water partition coefficient (Wildman–Crippen LogP) is 2.65. The van der Waals surface area contributed by atoms with E-state index in [2.05, 4.69) is 12.2 Å². The molecule has 1 amide bonds. The Labute approximate surface area is 128 Å². The van der Waals surface area contributed by atoms with Crippen LogP contribution < -0.4 is 10.1 Å². The van der Waals surface area contributed by atoms with Crippen molar-refractivity contribution in [2.45, 2.75) is 19.9 Å². The van der Waals surface area contributed by atoms with E-state index in [9.17, 15) is 4.79 Å². The fraction of sp³-hybridized carbons (Fsp3) is 0.438. The number of nitrogens with one attached hydrogen (secondary N) is 1. The van der Waals surface area contributed by atoms with E-state index in [-0.39, 0.29) is 5.91 Å². The molecule has 2 aromatic rings. The number of piperazine rings is 1. The number of rotatable bonds is 2. The van der Waals surface area contributed by atoms with Gasteiger partial charge in [-0.1, -0.05) is 0 Å². The smallest absolute Gasteiger partial charge is 0.264 e. The summed E-state index contributed by atoms with van der Waals surface area (Å²) in [6, 6.07) is 6.35. The topological polar surface area (TPSA) is 41.6 Å². The fourth-order valence-corrected chi connectivity index (χ4v) is 3.95. The summed E-state index contributed by atoms with van der Waals surface area (Å²) >= 11 is 1.58. The van der Waals surface area contributed by atoms with Crippen LogP contribution in [0.3, 0.4) is 0 Å². The van der Waals surface area contributed by atoms with Gasteiger partial charge >= 0.3 is 0 Å². The van der Waals surface area contributed by atoms with E-state index in [1.807, 2.05) is 30.0 Å². The maximum Gasteiger partial charge on any atom is 0.264 e. The Kier molecular flexibility index (Phi) is 3.87. The third-order valence-electron chi connectivity index (χ3n) is 3.99. The molecule has 2 heterocycles. The highest BCUT2D eigenvalue weighted by atomic mass is 32.1. The number of benzene rings is 1. The van der Waals surface area contributed by atoms with Crippen LogP contribution in [0.2, 0.25) is 0 Å².